The van der Waals surface area contributed by atoms with Crippen LogP contribution in [0.3, 0.4) is 0 Å². The molecule has 1 heterocycles. The molecular weight excluding hydrogens is 184 g/mol. The molecule has 1 aliphatic carbocycles. The Labute approximate surface area is 89.1 Å². The summed E-state index contributed by atoms with van der Waals surface area (Å²) in [5.41, 5.74) is 10.7. The Morgan fingerprint density at radius 1 is 1.27 bits per heavy atom. The van der Waals surface area contributed by atoms with Crippen molar-refractivity contribution < 1.29 is 0 Å². The van der Waals surface area contributed by atoms with Crippen LogP contribution in [0.4, 0.5) is 5.69 Å². The van der Waals surface area contributed by atoms with Crippen LogP contribution in [0.15, 0.2) is 24.3 Å². The van der Waals surface area contributed by atoms with Gasteiger partial charge in [-0.3, -0.25) is 4.98 Å². The number of nitrogen functional groups attached to an aromatic ring is 1. The maximum atomic E-state index is 6.19. The van der Waals surface area contributed by atoms with Gasteiger partial charge < -0.3 is 5.73 Å². The van der Waals surface area contributed by atoms with Crippen LogP contribution < -0.4 is 5.73 Å². The second kappa shape index (κ2) is 2.96. The van der Waals surface area contributed by atoms with Crippen molar-refractivity contribution in [1.82, 2.24) is 4.98 Å². The monoisotopic (exact) mass is 198 g/mol. The van der Waals surface area contributed by atoms with E-state index in [2.05, 4.69) is 18.0 Å². The van der Waals surface area contributed by atoms with Gasteiger partial charge in [-0.15, -0.1) is 0 Å². The normalized spacial score (nSPS) is 19.4. The van der Waals surface area contributed by atoms with Crippen molar-refractivity contribution in [2.45, 2.75) is 19.8 Å². The Bertz CT molecular complexity index is 531. The molecule has 0 aliphatic heterocycles. The Hall–Kier alpha value is -1.57. The highest BCUT2D eigenvalue weighted by molar-refractivity contribution is 5.92. The van der Waals surface area contributed by atoms with Gasteiger partial charge in [0.15, 0.2) is 0 Å². The molecule has 0 bridgehead atoms. The van der Waals surface area contributed by atoms with E-state index in [0.29, 0.717) is 5.92 Å². The van der Waals surface area contributed by atoms with E-state index in [9.17, 15) is 0 Å². The molecule has 1 aromatic heterocycles. The molecule has 0 spiro atoms. The number of hydrogen-bond donors (Lipinski definition) is 1. The standard InChI is InChI=1S/C13H14N2/c1-8-6-10-12(7-8)15-11-5-3-2-4-9(11)13(10)14/h2-5,8H,6-7H2,1H3,(H2,14,15). The molecule has 15 heavy (non-hydrogen) atoms. The smallest absolute Gasteiger partial charge is 0.0726 e. The minimum absolute atomic E-state index is 0.687. The zero-order valence-electron chi connectivity index (χ0n) is 8.83. The van der Waals surface area contributed by atoms with E-state index in [1.54, 1.807) is 0 Å². The topological polar surface area (TPSA) is 38.9 Å². The predicted octanol–water partition coefficient (Wildman–Crippen LogP) is 2.55. The maximum absolute atomic E-state index is 6.19. The average Bonchev–Trinajstić information content (AvgIpc) is 2.59. The summed E-state index contributed by atoms with van der Waals surface area (Å²) in [6.45, 7) is 2.26. The van der Waals surface area contributed by atoms with Gasteiger partial charge in [0.2, 0.25) is 0 Å². The van der Waals surface area contributed by atoms with Crippen LogP contribution >= 0.6 is 0 Å². The highest BCUT2D eigenvalue weighted by atomic mass is 14.7. The lowest BCUT2D eigenvalue weighted by atomic mass is 10.1. The number of hydrogen-bond acceptors (Lipinski definition) is 2. The summed E-state index contributed by atoms with van der Waals surface area (Å²) in [6, 6.07) is 8.13. The quantitative estimate of drug-likeness (QED) is 0.706. The third-order valence-corrected chi connectivity index (χ3v) is 3.22. The van der Waals surface area contributed by atoms with Gasteiger partial charge in [0.25, 0.3) is 0 Å². The van der Waals surface area contributed by atoms with Gasteiger partial charge >= 0.3 is 0 Å². The van der Waals surface area contributed by atoms with Gasteiger partial charge in [-0.2, -0.15) is 0 Å². The summed E-state index contributed by atoms with van der Waals surface area (Å²) in [6.07, 6.45) is 2.16. The van der Waals surface area contributed by atoms with Gasteiger partial charge in [-0.05, 0) is 30.4 Å². The number of nitrogens with two attached hydrogens (primary N) is 1. The molecule has 2 nitrogen and oxygen atoms in total. The lowest BCUT2D eigenvalue weighted by Crippen LogP contribution is -1.98. The second-order valence-electron chi connectivity index (χ2n) is 4.48. The fraction of sp³-hybridized carbons (Fsp3) is 0.308. The number of rotatable bonds is 0. The van der Waals surface area contributed by atoms with Crippen LogP contribution in [0.1, 0.15) is 18.2 Å². The van der Waals surface area contributed by atoms with Crippen molar-refractivity contribution in [3.63, 3.8) is 0 Å². The molecule has 1 atom stereocenters. The average molecular weight is 198 g/mol. The molecule has 1 aliphatic rings. The molecule has 0 radical (unpaired) electrons. The molecule has 1 unspecified atom stereocenters. The van der Waals surface area contributed by atoms with Crippen LogP contribution in [0.5, 0.6) is 0 Å². The van der Waals surface area contributed by atoms with Crippen LogP contribution in [-0.2, 0) is 12.8 Å². The van der Waals surface area contributed by atoms with Crippen molar-refractivity contribution in [3.05, 3.63) is 35.5 Å². The fourth-order valence-electron chi connectivity index (χ4n) is 2.48. The third kappa shape index (κ3) is 1.21. The third-order valence-electron chi connectivity index (χ3n) is 3.22. The van der Waals surface area contributed by atoms with Crippen molar-refractivity contribution in [2.75, 3.05) is 5.73 Å². The van der Waals surface area contributed by atoms with E-state index in [0.717, 1.165) is 29.4 Å². The number of aromatic nitrogens is 1. The van der Waals surface area contributed by atoms with E-state index < -0.39 is 0 Å². The summed E-state index contributed by atoms with van der Waals surface area (Å²) in [4.78, 5) is 4.69. The van der Waals surface area contributed by atoms with Crippen LogP contribution in [0.2, 0.25) is 0 Å². The molecule has 2 heteroatoms. The Morgan fingerprint density at radius 3 is 2.93 bits per heavy atom. The first-order valence-corrected chi connectivity index (χ1v) is 5.41. The number of anilines is 1. The first-order chi connectivity index (χ1) is 7.25. The maximum Gasteiger partial charge on any atom is 0.0726 e. The zero-order valence-corrected chi connectivity index (χ0v) is 8.83. The molecule has 0 saturated heterocycles. The van der Waals surface area contributed by atoms with Gasteiger partial charge in [-0.1, -0.05) is 25.1 Å². The van der Waals surface area contributed by atoms with Crippen molar-refractivity contribution >= 4 is 16.6 Å². The molecule has 0 fully saturated rings. The second-order valence-corrected chi connectivity index (χ2v) is 4.48. The first-order valence-electron chi connectivity index (χ1n) is 5.41. The van der Waals surface area contributed by atoms with Crippen molar-refractivity contribution in [2.24, 2.45) is 5.92 Å². The number of nitrogens with zero attached hydrogens (tertiary/aromatic N) is 1. The SMILES string of the molecule is CC1Cc2nc3ccccc3c(N)c2C1. The Kier molecular flexibility index (Phi) is 1.72. The molecule has 0 saturated carbocycles. The molecular formula is C13H14N2. The summed E-state index contributed by atoms with van der Waals surface area (Å²) in [5.74, 6) is 0.687. The fourth-order valence-corrected chi connectivity index (χ4v) is 2.48. The Morgan fingerprint density at radius 2 is 2.07 bits per heavy atom. The zero-order chi connectivity index (χ0) is 10.4. The number of fused-ring (bicyclic) bond motifs is 2. The van der Waals surface area contributed by atoms with E-state index in [1.165, 1.54) is 11.3 Å². The molecule has 2 N–H and O–H groups in total. The summed E-state index contributed by atoms with van der Waals surface area (Å²) in [7, 11) is 0. The molecule has 0 amide bonds. The van der Waals surface area contributed by atoms with Gasteiger partial charge in [0, 0.05) is 16.8 Å². The molecule has 76 valence electrons. The Balaban J connectivity index is 2.35. The highest BCUT2D eigenvalue weighted by Crippen LogP contribution is 2.33. The van der Waals surface area contributed by atoms with Crippen molar-refractivity contribution in [1.29, 1.82) is 0 Å². The van der Waals surface area contributed by atoms with Crippen LogP contribution in [0.25, 0.3) is 10.9 Å². The van der Waals surface area contributed by atoms with E-state index in [4.69, 9.17) is 5.73 Å². The number of benzene rings is 1. The summed E-state index contributed by atoms with van der Waals surface area (Å²) in [5, 5.41) is 1.10. The van der Waals surface area contributed by atoms with Crippen LogP contribution in [-0.4, -0.2) is 4.98 Å². The summed E-state index contributed by atoms with van der Waals surface area (Å²) >= 11 is 0. The minimum atomic E-state index is 0.687. The van der Waals surface area contributed by atoms with Gasteiger partial charge in [0.05, 0.1) is 5.52 Å². The highest BCUT2D eigenvalue weighted by Gasteiger charge is 2.22. The first kappa shape index (κ1) is 8.72. The lowest BCUT2D eigenvalue weighted by Gasteiger charge is -2.07. The number of pyridine rings is 1. The lowest BCUT2D eigenvalue weighted by molar-refractivity contribution is 0.624. The van der Waals surface area contributed by atoms with E-state index >= 15 is 0 Å². The van der Waals surface area contributed by atoms with Gasteiger partial charge in [-0.25, -0.2) is 0 Å². The molecule has 2 aromatic rings. The molecule has 3 rings (SSSR count). The van der Waals surface area contributed by atoms with Crippen molar-refractivity contribution in [3.8, 4) is 0 Å². The minimum Gasteiger partial charge on any atom is -0.398 e. The van der Waals surface area contributed by atoms with Crippen LogP contribution in [0, 0.1) is 5.92 Å². The molecule has 1 aromatic carbocycles. The largest absolute Gasteiger partial charge is 0.398 e. The van der Waals surface area contributed by atoms with E-state index in [1.807, 2.05) is 18.2 Å². The van der Waals surface area contributed by atoms with E-state index in [-0.39, 0.29) is 0 Å². The summed E-state index contributed by atoms with van der Waals surface area (Å²) < 4.78 is 0. The predicted molar refractivity (Wildman–Crippen MR) is 62.7 cm³/mol. The number of para-hydroxylation sites is 1. The van der Waals surface area contributed by atoms with Gasteiger partial charge in [0.1, 0.15) is 0 Å².